The van der Waals surface area contributed by atoms with Crippen LogP contribution in [0, 0.1) is 0 Å². The van der Waals surface area contributed by atoms with Crippen molar-refractivity contribution in [1.82, 2.24) is 4.90 Å². The van der Waals surface area contributed by atoms with Crippen LogP contribution in [0.15, 0.2) is 36.0 Å². The summed E-state index contributed by atoms with van der Waals surface area (Å²) in [7, 11) is 3.36. The van der Waals surface area contributed by atoms with E-state index in [4.69, 9.17) is 14.2 Å². The summed E-state index contributed by atoms with van der Waals surface area (Å²) in [6.45, 7) is 10.8. The fourth-order valence-electron chi connectivity index (χ4n) is 1.31. The van der Waals surface area contributed by atoms with Gasteiger partial charge in [-0.25, -0.2) is 0 Å². The van der Waals surface area contributed by atoms with Crippen molar-refractivity contribution in [2.45, 2.75) is 20.8 Å². The van der Waals surface area contributed by atoms with Crippen LogP contribution in [0.4, 0.5) is 0 Å². The first-order valence-corrected chi connectivity index (χ1v) is 6.69. The van der Waals surface area contributed by atoms with Crippen molar-refractivity contribution in [2.75, 3.05) is 33.9 Å². The van der Waals surface area contributed by atoms with Crippen LogP contribution in [-0.4, -0.2) is 44.7 Å². The van der Waals surface area contributed by atoms with Gasteiger partial charge in [-0.2, -0.15) is 0 Å². The zero-order valence-corrected chi connectivity index (χ0v) is 13.1. The molecule has 0 aliphatic carbocycles. The first kappa shape index (κ1) is 18.1. The molecular weight excluding hydrogens is 258 g/mol. The lowest BCUT2D eigenvalue weighted by molar-refractivity contribution is -0.123. The van der Waals surface area contributed by atoms with Crippen LogP contribution in [0.2, 0.25) is 0 Å². The van der Waals surface area contributed by atoms with E-state index in [1.807, 2.05) is 20.8 Å². The second-order valence-electron chi connectivity index (χ2n) is 3.98. The van der Waals surface area contributed by atoms with E-state index in [0.717, 1.165) is 0 Å². The molecular formula is C15H25NO4. The molecule has 0 heterocycles. The summed E-state index contributed by atoms with van der Waals surface area (Å²) < 4.78 is 16.4. The number of ether oxygens (including phenoxy) is 3. The van der Waals surface area contributed by atoms with Crippen molar-refractivity contribution in [1.29, 1.82) is 0 Å². The number of allylic oxidation sites excluding steroid dienone is 1. The summed E-state index contributed by atoms with van der Waals surface area (Å²) in [5.74, 6) is 1.10. The average molecular weight is 283 g/mol. The minimum atomic E-state index is -0.139. The molecule has 114 valence electrons. The Balaban J connectivity index is 5.34. The second kappa shape index (κ2) is 9.95. The first-order chi connectivity index (χ1) is 9.47. The fourth-order valence-corrected chi connectivity index (χ4v) is 1.31. The van der Waals surface area contributed by atoms with Gasteiger partial charge in [-0.1, -0.05) is 6.58 Å². The highest BCUT2D eigenvalue weighted by Crippen LogP contribution is 2.18. The van der Waals surface area contributed by atoms with Gasteiger partial charge >= 0.3 is 0 Å². The monoisotopic (exact) mass is 283 g/mol. The molecule has 0 spiro atoms. The third-order valence-corrected chi connectivity index (χ3v) is 2.20. The minimum Gasteiger partial charge on any atom is -0.490 e. The normalized spacial score (nSPS) is 11.8. The van der Waals surface area contributed by atoms with Gasteiger partial charge in [0.2, 0.25) is 11.7 Å². The topological polar surface area (TPSA) is 48.0 Å². The maximum atomic E-state index is 11.6. The molecule has 0 aliphatic heterocycles. The Bertz CT molecular complexity index is 383. The zero-order valence-electron chi connectivity index (χ0n) is 13.1. The van der Waals surface area contributed by atoms with Crippen molar-refractivity contribution < 1.29 is 19.0 Å². The molecule has 0 N–H and O–H groups in total. The fraction of sp³-hybridized carbons (Fsp3) is 0.533. The largest absolute Gasteiger partial charge is 0.490 e. The van der Waals surface area contributed by atoms with Crippen LogP contribution < -0.4 is 0 Å². The second-order valence-corrected chi connectivity index (χ2v) is 3.98. The molecule has 0 atom stereocenters. The van der Waals surface area contributed by atoms with Crippen LogP contribution >= 0.6 is 0 Å². The number of carbonyl (C=O) groups is 1. The van der Waals surface area contributed by atoms with Gasteiger partial charge in [0.1, 0.15) is 0 Å². The predicted molar refractivity (Wildman–Crippen MR) is 78.9 cm³/mol. The average Bonchev–Trinajstić information content (AvgIpc) is 2.40. The Labute approximate surface area is 121 Å². The van der Waals surface area contributed by atoms with Gasteiger partial charge in [-0.15, -0.1) is 0 Å². The molecule has 20 heavy (non-hydrogen) atoms. The van der Waals surface area contributed by atoms with Gasteiger partial charge in [0.25, 0.3) is 0 Å². The molecule has 0 rings (SSSR count). The molecule has 5 heteroatoms. The Kier molecular flexibility index (Phi) is 9.00. The number of nitrogens with zero attached hydrogens (tertiary/aromatic N) is 1. The van der Waals surface area contributed by atoms with Crippen LogP contribution in [0.25, 0.3) is 0 Å². The summed E-state index contributed by atoms with van der Waals surface area (Å²) in [5.41, 5.74) is 0. The highest BCUT2D eigenvalue weighted by atomic mass is 16.5. The molecule has 0 saturated carbocycles. The van der Waals surface area contributed by atoms with E-state index in [0.29, 0.717) is 37.1 Å². The maximum Gasteiger partial charge on any atom is 0.246 e. The third-order valence-electron chi connectivity index (χ3n) is 2.20. The van der Waals surface area contributed by atoms with Crippen molar-refractivity contribution in [3.63, 3.8) is 0 Å². The molecule has 0 radical (unpaired) electrons. The van der Waals surface area contributed by atoms with Crippen LogP contribution in [0.1, 0.15) is 20.8 Å². The van der Waals surface area contributed by atoms with Gasteiger partial charge in [-0.3, -0.25) is 4.79 Å². The Morgan fingerprint density at radius 2 is 1.55 bits per heavy atom. The highest BCUT2D eigenvalue weighted by Gasteiger charge is 2.13. The van der Waals surface area contributed by atoms with Gasteiger partial charge in [0.05, 0.1) is 19.8 Å². The van der Waals surface area contributed by atoms with Gasteiger partial charge in [0, 0.05) is 20.2 Å². The van der Waals surface area contributed by atoms with Gasteiger partial charge in [-0.05, 0) is 26.8 Å². The van der Waals surface area contributed by atoms with E-state index in [2.05, 4.69) is 6.58 Å². The lowest BCUT2D eigenvalue weighted by Crippen LogP contribution is -2.19. The van der Waals surface area contributed by atoms with E-state index in [1.54, 1.807) is 20.2 Å². The number of hydrogen-bond donors (Lipinski definition) is 0. The van der Waals surface area contributed by atoms with Crippen molar-refractivity contribution >= 4 is 5.91 Å². The summed E-state index contributed by atoms with van der Waals surface area (Å²) in [6, 6.07) is 0. The van der Waals surface area contributed by atoms with Crippen molar-refractivity contribution in [3.05, 3.63) is 36.0 Å². The van der Waals surface area contributed by atoms with E-state index in [1.165, 1.54) is 11.0 Å². The molecule has 0 unspecified atom stereocenters. The summed E-state index contributed by atoms with van der Waals surface area (Å²) >= 11 is 0. The van der Waals surface area contributed by atoms with E-state index < -0.39 is 0 Å². The summed E-state index contributed by atoms with van der Waals surface area (Å²) in [5, 5.41) is 0. The predicted octanol–water partition coefficient (Wildman–Crippen LogP) is 2.47. The molecule has 0 aromatic carbocycles. The molecule has 0 bridgehead atoms. The molecule has 1 amide bonds. The molecule has 0 fully saturated rings. The van der Waals surface area contributed by atoms with Crippen LogP contribution in [0.5, 0.6) is 0 Å². The highest BCUT2D eigenvalue weighted by molar-refractivity contribution is 5.87. The molecule has 0 saturated heterocycles. The lowest BCUT2D eigenvalue weighted by atomic mass is 10.3. The van der Waals surface area contributed by atoms with Gasteiger partial charge in [0.15, 0.2) is 11.5 Å². The minimum absolute atomic E-state index is 0.139. The van der Waals surface area contributed by atoms with Gasteiger partial charge < -0.3 is 19.1 Å². The van der Waals surface area contributed by atoms with Crippen LogP contribution in [-0.2, 0) is 19.0 Å². The van der Waals surface area contributed by atoms with Crippen molar-refractivity contribution in [2.24, 2.45) is 0 Å². The zero-order chi connectivity index (χ0) is 15.5. The summed E-state index contributed by atoms with van der Waals surface area (Å²) in [6.07, 6.45) is 2.99. The van der Waals surface area contributed by atoms with Crippen LogP contribution in [0.3, 0.4) is 0 Å². The molecule has 0 aliphatic rings. The maximum absolute atomic E-state index is 11.6. The van der Waals surface area contributed by atoms with E-state index in [9.17, 15) is 4.79 Å². The van der Waals surface area contributed by atoms with E-state index in [-0.39, 0.29) is 5.91 Å². The number of rotatable bonds is 9. The Morgan fingerprint density at radius 1 is 1.00 bits per heavy atom. The van der Waals surface area contributed by atoms with E-state index >= 15 is 0 Å². The quantitative estimate of drug-likeness (QED) is 0.370. The molecule has 0 aromatic heterocycles. The number of hydrogen-bond acceptors (Lipinski definition) is 4. The standard InChI is InChI=1S/C15H25NO4/c1-7-18-12(4)15(20-9-3)13(19-8-2)10-11-14(17)16(5)6/h10-11H,4,7-9H2,1-3,5-6H3/b11-10+,15-13-. The number of carbonyl (C=O) groups excluding carboxylic acids is 1. The lowest BCUT2D eigenvalue weighted by Gasteiger charge is -2.16. The SMILES string of the molecule is C=C(OCC)/C(OCC)=C(\C=C\C(=O)N(C)C)OCC. The van der Waals surface area contributed by atoms with Crippen molar-refractivity contribution in [3.8, 4) is 0 Å². The molecule has 0 aromatic rings. The number of amides is 1. The number of likely N-dealkylation sites (N-methyl/N-ethyl adjacent to an activating group) is 1. The smallest absolute Gasteiger partial charge is 0.246 e. The Morgan fingerprint density at radius 3 is 2.00 bits per heavy atom. The summed E-state index contributed by atoms with van der Waals surface area (Å²) in [4.78, 5) is 13.1. The third kappa shape index (κ3) is 6.31. The Hall–Kier alpha value is -1.91. The first-order valence-electron chi connectivity index (χ1n) is 6.69. The molecule has 5 nitrogen and oxygen atoms in total.